The van der Waals surface area contributed by atoms with Crippen molar-refractivity contribution in [3.05, 3.63) is 36.9 Å². The van der Waals surface area contributed by atoms with Crippen molar-refractivity contribution in [3.8, 4) is 0 Å². The van der Waals surface area contributed by atoms with E-state index in [9.17, 15) is 0 Å². The van der Waals surface area contributed by atoms with Gasteiger partial charge in [-0.15, -0.1) is 0 Å². The van der Waals surface area contributed by atoms with E-state index in [1.54, 1.807) is 17.4 Å². The minimum atomic E-state index is 0.783. The molecule has 56 valence electrons. The molecule has 1 aromatic rings. The number of aromatic amines is 1. The molecule has 0 saturated heterocycles. The maximum atomic E-state index is 4.06. The van der Waals surface area contributed by atoms with E-state index in [4.69, 9.17) is 0 Å². The van der Waals surface area contributed by atoms with Gasteiger partial charge in [-0.1, -0.05) is 0 Å². The second-order valence-electron chi connectivity index (χ2n) is 2.11. The number of nitrogens with zero attached hydrogens (tertiary/aromatic N) is 2. The fraction of sp³-hybridized carbons (Fsp3) is 0. The third-order valence-electron chi connectivity index (χ3n) is 1.37. The molecule has 0 spiro atoms. The number of rotatable bonds is 1. The Morgan fingerprint density at radius 3 is 3.00 bits per heavy atom. The molecule has 0 radical (unpaired) electrons. The van der Waals surface area contributed by atoms with E-state index in [-0.39, 0.29) is 0 Å². The van der Waals surface area contributed by atoms with E-state index >= 15 is 0 Å². The van der Waals surface area contributed by atoms with Gasteiger partial charge in [-0.25, -0.2) is 9.99 Å². The van der Waals surface area contributed by atoms with Crippen LogP contribution in [-0.4, -0.2) is 9.97 Å². The lowest BCUT2D eigenvalue weighted by atomic mass is 10.5. The third kappa shape index (κ3) is 1.10. The highest BCUT2D eigenvalue weighted by molar-refractivity contribution is 5.35. The monoisotopic (exact) mass is 148 g/mol. The van der Waals surface area contributed by atoms with Gasteiger partial charge in [0, 0.05) is 24.8 Å². The molecule has 11 heavy (non-hydrogen) atoms. The van der Waals surface area contributed by atoms with E-state index in [0.29, 0.717) is 0 Å². The number of hydrazine groups is 1. The summed E-state index contributed by atoms with van der Waals surface area (Å²) in [5.41, 5.74) is 2.99. The minimum Gasteiger partial charge on any atom is -0.329 e. The topological polar surface area (TPSA) is 44.0 Å². The van der Waals surface area contributed by atoms with Crippen molar-refractivity contribution in [2.24, 2.45) is 0 Å². The summed E-state index contributed by atoms with van der Waals surface area (Å²) in [7, 11) is 0. The average molecular weight is 148 g/mol. The Hall–Kier alpha value is -1.71. The largest absolute Gasteiger partial charge is 0.329 e. The molecule has 1 aliphatic heterocycles. The molecule has 0 aromatic carbocycles. The minimum absolute atomic E-state index is 0.783. The quantitative estimate of drug-likeness (QED) is 0.618. The summed E-state index contributed by atoms with van der Waals surface area (Å²) in [6.45, 7) is 0. The predicted octanol–water partition coefficient (Wildman–Crippen LogP) is 0.762. The second kappa shape index (κ2) is 2.49. The van der Waals surface area contributed by atoms with Gasteiger partial charge in [-0.2, -0.15) is 0 Å². The average Bonchev–Trinajstić information content (AvgIpc) is 2.58. The van der Waals surface area contributed by atoms with Gasteiger partial charge in [0.15, 0.2) is 0 Å². The van der Waals surface area contributed by atoms with Crippen LogP contribution in [0.25, 0.3) is 0 Å². The molecule has 2 rings (SSSR count). The summed E-state index contributed by atoms with van der Waals surface area (Å²) in [6, 6.07) is 0. The van der Waals surface area contributed by atoms with Crippen molar-refractivity contribution in [2.45, 2.75) is 0 Å². The van der Waals surface area contributed by atoms with E-state index in [1.165, 1.54) is 0 Å². The lowest BCUT2D eigenvalue weighted by Gasteiger charge is -2.18. The van der Waals surface area contributed by atoms with Crippen molar-refractivity contribution in [1.29, 1.82) is 0 Å². The number of H-pyrrole nitrogens is 1. The first-order valence-corrected chi connectivity index (χ1v) is 3.35. The summed E-state index contributed by atoms with van der Waals surface area (Å²) in [5.74, 6) is 0.783. The fourth-order valence-electron chi connectivity index (χ4n) is 0.878. The lowest BCUT2D eigenvalue weighted by molar-refractivity contribution is 0.835. The third-order valence-corrected chi connectivity index (χ3v) is 1.37. The van der Waals surface area contributed by atoms with E-state index in [2.05, 4.69) is 15.4 Å². The van der Waals surface area contributed by atoms with Crippen LogP contribution in [0.1, 0.15) is 0 Å². The highest BCUT2D eigenvalue weighted by atomic mass is 15.5. The molecule has 0 atom stereocenters. The van der Waals surface area contributed by atoms with Gasteiger partial charge in [0.25, 0.3) is 0 Å². The smallest absolute Gasteiger partial charge is 0.226 e. The van der Waals surface area contributed by atoms with Crippen LogP contribution in [0.5, 0.6) is 0 Å². The van der Waals surface area contributed by atoms with Crippen LogP contribution in [0, 0.1) is 0 Å². The first-order chi connectivity index (χ1) is 5.47. The maximum Gasteiger partial charge on any atom is 0.226 e. The summed E-state index contributed by atoms with van der Waals surface area (Å²) < 4.78 is 0. The second-order valence-corrected chi connectivity index (χ2v) is 2.11. The maximum absolute atomic E-state index is 4.06. The number of allylic oxidation sites excluding steroid dienone is 2. The molecular formula is C7H8N4. The SMILES string of the molecule is C1=CNN(c2ncc[nH]2)C=C1. The number of nitrogens with one attached hydrogen (secondary N) is 2. The van der Waals surface area contributed by atoms with Gasteiger partial charge in [-0.05, 0) is 12.2 Å². The highest BCUT2D eigenvalue weighted by Gasteiger charge is 2.02. The van der Waals surface area contributed by atoms with Crippen LogP contribution in [-0.2, 0) is 0 Å². The zero-order valence-corrected chi connectivity index (χ0v) is 5.86. The normalized spacial score (nSPS) is 15.1. The van der Waals surface area contributed by atoms with Crippen molar-refractivity contribution in [2.75, 3.05) is 5.01 Å². The molecule has 1 aliphatic rings. The van der Waals surface area contributed by atoms with E-state index in [0.717, 1.165) is 5.95 Å². The summed E-state index contributed by atoms with van der Waals surface area (Å²) in [5, 5.41) is 1.79. The molecule has 1 aromatic heterocycles. The van der Waals surface area contributed by atoms with Gasteiger partial charge < -0.3 is 4.98 Å². The molecule has 0 fully saturated rings. The van der Waals surface area contributed by atoms with Crippen LogP contribution >= 0.6 is 0 Å². The molecule has 2 N–H and O–H groups in total. The molecule has 0 amide bonds. The molecular weight excluding hydrogens is 140 g/mol. The Morgan fingerprint density at radius 1 is 1.36 bits per heavy atom. The standard InChI is InChI=1S/C7H8N4/c1-2-6-11(10-3-1)7-8-4-5-9-7/h1-6,10H,(H,8,9). The van der Waals surface area contributed by atoms with Crippen LogP contribution in [0.15, 0.2) is 36.9 Å². The van der Waals surface area contributed by atoms with Crippen molar-refractivity contribution in [3.63, 3.8) is 0 Å². The molecule has 0 saturated carbocycles. The number of hydrogen-bond donors (Lipinski definition) is 2. The molecule has 2 heterocycles. The number of anilines is 1. The molecule has 0 bridgehead atoms. The predicted molar refractivity (Wildman–Crippen MR) is 42.5 cm³/mol. The fourth-order valence-corrected chi connectivity index (χ4v) is 0.878. The lowest BCUT2D eigenvalue weighted by Crippen LogP contribution is -2.30. The molecule has 0 aliphatic carbocycles. The first-order valence-electron chi connectivity index (χ1n) is 3.35. The Kier molecular flexibility index (Phi) is 1.37. The summed E-state index contributed by atoms with van der Waals surface area (Å²) in [6.07, 6.45) is 11.1. The van der Waals surface area contributed by atoms with Crippen LogP contribution in [0.2, 0.25) is 0 Å². The molecule has 0 unspecified atom stereocenters. The Morgan fingerprint density at radius 2 is 2.36 bits per heavy atom. The number of imidazole rings is 1. The van der Waals surface area contributed by atoms with Crippen molar-refractivity contribution >= 4 is 5.95 Å². The molecule has 4 nitrogen and oxygen atoms in total. The van der Waals surface area contributed by atoms with Gasteiger partial charge >= 0.3 is 0 Å². The molecule has 4 heteroatoms. The van der Waals surface area contributed by atoms with Gasteiger partial charge in [0.2, 0.25) is 5.95 Å². The Balaban J connectivity index is 2.19. The van der Waals surface area contributed by atoms with Gasteiger partial charge in [-0.3, -0.25) is 5.43 Å². The van der Waals surface area contributed by atoms with Crippen LogP contribution in [0.3, 0.4) is 0 Å². The van der Waals surface area contributed by atoms with Crippen molar-refractivity contribution in [1.82, 2.24) is 15.4 Å². The zero-order valence-electron chi connectivity index (χ0n) is 5.86. The number of aromatic nitrogens is 2. The van der Waals surface area contributed by atoms with Crippen molar-refractivity contribution < 1.29 is 0 Å². The van der Waals surface area contributed by atoms with Crippen LogP contribution < -0.4 is 10.4 Å². The van der Waals surface area contributed by atoms with Gasteiger partial charge in [0.05, 0.1) is 0 Å². The van der Waals surface area contributed by atoms with Crippen LogP contribution in [0.4, 0.5) is 5.95 Å². The van der Waals surface area contributed by atoms with Gasteiger partial charge in [0.1, 0.15) is 0 Å². The Labute approximate surface area is 64.2 Å². The zero-order chi connectivity index (χ0) is 7.52. The van der Waals surface area contributed by atoms with E-state index in [1.807, 2.05) is 24.6 Å². The summed E-state index contributed by atoms with van der Waals surface area (Å²) in [4.78, 5) is 7.04. The first kappa shape index (κ1) is 6.03. The summed E-state index contributed by atoms with van der Waals surface area (Å²) >= 11 is 0. The number of hydrogen-bond acceptors (Lipinski definition) is 3. The van der Waals surface area contributed by atoms with E-state index < -0.39 is 0 Å². The Bertz CT molecular complexity index is 273. The highest BCUT2D eigenvalue weighted by Crippen LogP contribution is 2.04.